The highest BCUT2D eigenvalue weighted by atomic mass is 32.2. The van der Waals surface area contributed by atoms with Gasteiger partial charge in [-0.3, -0.25) is 0 Å². The molecule has 0 radical (unpaired) electrons. The Morgan fingerprint density at radius 3 is 2.48 bits per heavy atom. The maximum absolute atomic E-state index is 13.3. The van der Waals surface area contributed by atoms with Crippen LogP contribution in [0.1, 0.15) is 36.4 Å². The molecule has 4 heteroatoms. The summed E-state index contributed by atoms with van der Waals surface area (Å²) in [6, 6.07) is 12.2. The third-order valence-electron chi connectivity index (χ3n) is 4.05. The van der Waals surface area contributed by atoms with Crippen molar-refractivity contribution in [2.45, 2.75) is 35.4 Å². The van der Waals surface area contributed by atoms with Gasteiger partial charge < -0.3 is 5.73 Å². The second-order valence-electron chi connectivity index (χ2n) is 5.52. The number of benzene rings is 2. The Hall–Kier alpha value is -1.39. The summed E-state index contributed by atoms with van der Waals surface area (Å²) in [7, 11) is 0. The molecule has 2 aromatic rings. The number of thioether (sulfide) groups is 1. The van der Waals surface area contributed by atoms with Crippen LogP contribution < -0.4 is 5.73 Å². The maximum Gasteiger partial charge on any atom is 0.159 e. The summed E-state index contributed by atoms with van der Waals surface area (Å²) in [5.41, 5.74) is 8.84. The fraction of sp³-hybridized carbons (Fsp3) is 0.294. The summed E-state index contributed by atoms with van der Waals surface area (Å²) in [5.74, 6) is -1.20. The van der Waals surface area contributed by atoms with E-state index in [1.54, 1.807) is 6.07 Å². The first-order valence-electron chi connectivity index (χ1n) is 7.02. The van der Waals surface area contributed by atoms with Crippen LogP contribution in [0.3, 0.4) is 0 Å². The van der Waals surface area contributed by atoms with Crippen LogP contribution in [0.2, 0.25) is 0 Å². The first-order valence-corrected chi connectivity index (χ1v) is 7.90. The lowest BCUT2D eigenvalue weighted by atomic mass is 9.81. The monoisotopic (exact) mass is 305 g/mol. The Morgan fingerprint density at radius 1 is 1.05 bits per heavy atom. The molecule has 1 aliphatic rings. The molecule has 0 bridgehead atoms. The molecule has 3 atom stereocenters. The van der Waals surface area contributed by atoms with Gasteiger partial charge in [0, 0.05) is 16.2 Å². The van der Waals surface area contributed by atoms with Gasteiger partial charge in [0.2, 0.25) is 0 Å². The summed E-state index contributed by atoms with van der Waals surface area (Å²) in [4.78, 5) is 0.723. The van der Waals surface area contributed by atoms with E-state index < -0.39 is 11.6 Å². The number of nitrogens with two attached hydrogens (primary N) is 1. The van der Waals surface area contributed by atoms with Crippen molar-refractivity contribution in [2.75, 3.05) is 0 Å². The van der Waals surface area contributed by atoms with Gasteiger partial charge in [-0.2, -0.15) is 0 Å². The smallest absolute Gasteiger partial charge is 0.159 e. The van der Waals surface area contributed by atoms with Crippen molar-refractivity contribution >= 4 is 11.8 Å². The quantitative estimate of drug-likeness (QED) is 0.875. The lowest BCUT2D eigenvalue weighted by Gasteiger charge is -2.34. The summed E-state index contributed by atoms with van der Waals surface area (Å²) in [6.45, 7) is 2.18. The molecule has 0 aromatic heterocycles. The SMILES string of the molecule is CC1CC(Sc2ccc(F)c(F)c2)C(N)c2ccccc21. The van der Waals surface area contributed by atoms with Crippen molar-refractivity contribution in [3.63, 3.8) is 0 Å². The molecular weight excluding hydrogens is 288 g/mol. The highest BCUT2D eigenvalue weighted by Gasteiger charge is 2.31. The van der Waals surface area contributed by atoms with Gasteiger partial charge in [-0.05, 0) is 41.7 Å². The van der Waals surface area contributed by atoms with E-state index >= 15 is 0 Å². The molecule has 0 fully saturated rings. The number of fused-ring (bicyclic) bond motifs is 1. The van der Waals surface area contributed by atoms with Crippen LogP contribution >= 0.6 is 11.8 Å². The Balaban J connectivity index is 1.85. The molecule has 0 saturated heterocycles. The topological polar surface area (TPSA) is 26.0 Å². The van der Waals surface area contributed by atoms with Crippen molar-refractivity contribution in [3.8, 4) is 0 Å². The minimum absolute atomic E-state index is 0.0875. The predicted octanol–water partition coefficient (Wildman–Crippen LogP) is 4.63. The van der Waals surface area contributed by atoms with Crippen molar-refractivity contribution in [1.29, 1.82) is 0 Å². The maximum atomic E-state index is 13.3. The molecule has 2 N–H and O–H groups in total. The second kappa shape index (κ2) is 5.78. The minimum Gasteiger partial charge on any atom is -0.323 e. The van der Waals surface area contributed by atoms with Gasteiger partial charge in [-0.1, -0.05) is 31.2 Å². The fourth-order valence-electron chi connectivity index (χ4n) is 2.93. The molecule has 0 aliphatic heterocycles. The van der Waals surface area contributed by atoms with E-state index in [1.165, 1.54) is 29.5 Å². The largest absolute Gasteiger partial charge is 0.323 e. The first kappa shape index (κ1) is 14.5. The Kier molecular flexibility index (Phi) is 4.00. The molecule has 0 heterocycles. The van der Waals surface area contributed by atoms with Crippen molar-refractivity contribution in [2.24, 2.45) is 5.73 Å². The van der Waals surface area contributed by atoms with E-state index in [1.807, 2.05) is 12.1 Å². The average molecular weight is 305 g/mol. The number of halogens is 2. The molecule has 0 amide bonds. The van der Waals surface area contributed by atoms with E-state index in [9.17, 15) is 8.78 Å². The lowest BCUT2D eigenvalue weighted by molar-refractivity contribution is 0.505. The van der Waals surface area contributed by atoms with Gasteiger partial charge in [0.1, 0.15) is 0 Å². The summed E-state index contributed by atoms with van der Waals surface area (Å²) < 4.78 is 26.3. The molecule has 3 rings (SSSR count). The Morgan fingerprint density at radius 2 is 1.76 bits per heavy atom. The lowest BCUT2D eigenvalue weighted by Crippen LogP contribution is -2.30. The van der Waals surface area contributed by atoms with Gasteiger partial charge >= 0.3 is 0 Å². The zero-order valence-electron chi connectivity index (χ0n) is 11.7. The van der Waals surface area contributed by atoms with Crippen LogP contribution in [0.5, 0.6) is 0 Å². The molecule has 1 nitrogen and oxygen atoms in total. The van der Waals surface area contributed by atoms with Crippen LogP contribution in [0.25, 0.3) is 0 Å². The number of hydrogen-bond acceptors (Lipinski definition) is 2. The summed E-state index contributed by atoms with van der Waals surface area (Å²) in [5, 5.41) is 0.166. The number of rotatable bonds is 2. The van der Waals surface area contributed by atoms with Gasteiger partial charge in [0.05, 0.1) is 0 Å². The third-order valence-corrected chi connectivity index (χ3v) is 5.37. The molecule has 0 spiro atoms. The highest BCUT2D eigenvalue weighted by Crippen LogP contribution is 2.43. The van der Waals surface area contributed by atoms with Crippen LogP contribution in [0.4, 0.5) is 8.78 Å². The van der Waals surface area contributed by atoms with E-state index in [0.29, 0.717) is 5.92 Å². The number of hydrogen-bond donors (Lipinski definition) is 1. The molecule has 3 unspecified atom stereocenters. The van der Waals surface area contributed by atoms with Crippen molar-refractivity contribution in [1.82, 2.24) is 0 Å². The first-order chi connectivity index (χ1) is 10.1. The normalized spacial score (nSPS) is 24.7. The molecule has 21 heavy (non-hydrogen) atoms. The molecule has 1 aliphatic carbocycles. The third kappa shape index (κ3) is 2.83. The van der Waals surface area contributed by atoms with E-state index in [-0.39, 0.29) is 11.3 Å². The predicted molar refractivity (Wildman–Crippen MR) is 82.4 cm³/mol. The minimum atomic E-state index is -0.814. The molecule has 2 aromatic carbocycles. The zero-order chi connectivity index (χ0) is 15.0. The second-order valence-corrected chi connectivity index (χ2v) is 6.84. The average Bonchev–Trinajstić information content (AvgIpc) is 2.48. The van der Waals surface area contributed by atoms with Crippen LogP contribution in [-0.4, -0.2) is 5.25 Å². The van der Waals surface area contributed by atoms with Crippen LogP contribution in [-0.2, 0) is 0 Å². The Bertz CT molecular complexity index is 659. The van der Waals surface area contributed by atoms with E-state index in [4.69, 9.17) is 5.73 Å². The summed E-state index contributed by atoms with van der Waals surface area (Å²) in [6.07, 6.45) is 0.932. The molecule has 0 saturated carbocycles. The van der Waals surface area contributed by atoms with Gasteiger partial charge in [0.15, 0.2) is 11.6 Å². The fourth-order valence-corrected chi connectivity index (χ4v) is 4.28. The zero-order valence-corrected chi connectivity index (χ0v) is 12.5. The van der Waals surface area contributed by atoms with Gasteiger partial charge in [-0.25, -0.2) is 8.78 Å². The standard InChI is InChI=1S/C17H17F2NS/c1-10-8-16(17(20)13-5-3-2-4-12(10)13)21-11-6-7-14(18)15(19)9-11/h2-7,9-10,16-17H,8,20H2,1H3. The van der Waals surface area contributed by atoms with Crippen molar-refractivity contribution in [3.05, 3.63) is 65.2 Å². The van der Waals surface area contributed by atoms with Gasteiger partial charge in [-0.15, -0.1) is 11.8 Å². The Labute approximate surface area is 127 Å². The van der Waals surface area contributed by atoms with Crippen molar-refractivity contribution < 1.29 is 8.78 Å². The summed E-state index contributed by atoms with van der Waals surface area (Å²) >= 11 is 1.53. The van der Waals surface area contributed by atoms with Crippen LogP contribution in [0.15, 0.2) is 47.4 Å². The highest BCUT2D eigenvalue weighted by molar-refractivity contribution is 8.00. The van der Waals surface area contributed by atoms with E-state index in [0.717, 1.165) is 16.9 Å². The molecule has 110 valence electrons. The molecular formula is C17H17F2NS. The van der Waals surface area contributed by atoms with Gasteiger partial charge in [0.25, 0.3) is 0 Å². The van der Waals surface area contributed by atoms with Crippen LogP contribution in [0, 0.1) is 11.6 Å². The van der Waals surface area contributed by atoms with E-state index in [2.05, 4.69) is 19.1 Å².